The van der Waals surface area contributed by atoms with Crippen molar-refractivity contribution in [2.24, 2.45) is 5.14 Å². The Morgan fingerprint density at radius 3 is 2.53 bits per heavy atom. The van der Waals surface area contributed by atoms with Gasteiger partial charge >= 0.3 is 12.1 Å². The molecular formula is C30H40F3N9O6S. The average Bonchev–Trinajstić information content (AvgIpc) is 3.77. The SMILES string of the molecule is CCC(=O)N[C@H]1C[C@@H](n2cnc3c(NCCc4ccc(S(N)(=O)=O)cc4)nc(NC[C@H]4CCCN4CC)nc32)[C@H](OC(=O)C(F)(F)F)[C@@H]1O. The van der Waals surface area contributed by atoms with E-state index in [1.807, 2.05) is 0 Å². The maximum absolute atomic E-state index is 13.3. The number of nitrogens with two attached hydrogens (primary N) is 1. The summed E-state index contributed by atoms with van der Waals surface area (Å²) in [6.07, 6.45) is -4.85. The standard InChI is InChI=1S/C30H40F3N9O6S/c1-3-22(43)38-20-14-21(25(24(20)44)48-28(45)30(31,32)33)42-16-37-23-26(35-12-11-17-7-9-19(10-8-17)49(34,46)47)39-29(40-27(23)42)36-15-18-6-5-13-41(18)4-2/h7-10,16,18,20-21,24-25,44H,3-6,11-15H2,1-2H3,(H,38,43)(H2,34,46,47)(H2,35,36,39,40)/t18-,20+,21-,24-,25+/m1/s1. The lowest BCUT2D eigenvalue weighted by Crippen LogP contribution is -2.45. The monoisotopic (exact) mass is 711 g/mol. The van der Waals surface area contributed by atoms with Crippen LogP contribution in [0.4, 0.5) is 24.9 Å². The number of aliphatic hydroxyl groups is 1. The van der Waals surface area contributed by atoms with E-state index >= 15 is 0 Å². The van der Waals surface area contributed by atoms with Gasteiger partial charge in [0.2, 0.25) is 21.9 Å². The number of fused-ring (bicyclic) bond motifs is 1. The molecular weight excluding hydrogens is 671 g/mol. The molecule has 6 N–H and O–H groups in total. The van der Waals surface area contributed by atoms with Crippen LogP contribution in [0.2, 0.25) is 0 Å². The minimum atomic E-state index is -5.31. The third-order valence-electron chi connectivity index (χ3n) is 8.90. The van der Waals surface area contributed by atoms with Crippen molar-refractivity contribution in [3.8, 4) is 0 Å². The summed E-state index contributed by atoms with van der Waals surface area (Å²) < 4.78 is 69.3. The number of hydrogen-bond acceptors (Lipinski definition) is 12. The van der Waals surface area contributed by atoms with Crippen molar-refractivity contribution in [3.63, 3.8) is 0 Å². The Bertz CT molecular complexity index is 1760. The first-order valence-electron chi connectivity index (χ1n) is 16.0. The number of rotatable bonds is 13. The number of nitrogens with zero attached hydrogens (tertiary/aromatic N) is 5. The summed E-state index contributed by atoms with van der Waals surface area (Å²) in [5, 5.41) is 25.3. The van der Waals surface area contributed by atoms with Gasteiger partial charge in [0, 0.05) is 25.6 Å². The van der Waals surface area contributed by atoms with Crippen LogP contribution in [0.15, 0.2) is 35.5 Å². The highest BCUT2D eigenvalue weighted by atomic mass is 32.2. The number of imidazole rings is 1. The molecule has 2 fully saturated rings. The quantitative estimate of drug-likeness (QED) is 0.161. The number of aliphatic hydroxyl groups excluding tert-OH is 1. The molecule has 0 bridgehead atoms. The van der Waals surface area contributed by atoms with Crippen molar-refractivity contribution < 1.29 is 41.0 Å². The Kier molecular flexibility index (Phi) is 10.9. The van der Waals surface area contributed by atoms with E-state index in [0.29, 0.717) is 25.3 Å². The zero-order chi connectivity index (χ0) is 35.5. The van der Waals surface area contributed by atoms with Gasteiger partial charge in [-0.3, -0.25) is 9.69 Å². The van der Waals surface area contributed by atoms with E-state index in [1.54, 1.807) is 19.1 Å². The molecule has 1 aliphatic heterocycles. The van der Waals surface area contributed by atoms with Crippen LogP contribution in [0.1, 0.15) is 51.1 Å². The summed E-state index contributed by atoms with van der Waals surface area (Å²) in [5.74, 6) is -2.38. The molecule has 2 aliphatic rings. The molecule has 0 radical (unpaired) electrons. The Hall–Kier alpha value is -4.07. The number of ether oxygens (including phenoxy) is 1. The number of likely N-dealkylation sites (N-methyl/N-ethyl adjacent to an activating group) is 1. The fraction of sp³-hybridized carbons (Fsp3) is 0.567. The highest BCUT2D eigenvalue weighted by molar-refractivity contribution is 7.89. The number of alkyl halides is 3. The second-order valence-electron chi connectivity index (χ2n) is 12.1. The number of sulfonamides is 1. The molecule has 0 unspecified atom stereocenters. The number of halogens is 3. The van der Waals surface area contributed by atoms with Gasteiger partial charge in [-0.25, -0.2) is 23.3 Å². The van der Waals surface area contributed by atoms with E-state index in [9.17, 15) is 36.3 Å². The zero-order valence-corrected chi connectivity index (χ0v) is 27.8. The molecule has 1 amide bonds. The summed E-state index contributed by atoms with van der Waals surface area (Å²) in [6, 6.07) is 4.25. The minimum absolute atomic E-state index is 0.0142. The topological polar surface area (TPSA) is 207 Å². The average molecular weight is 712 g/mol. The number of benzene rings is 1. The molecule has 1 aliphatic carbocycles. The number of carbonyl (C=O) groups excluding carboxylic acids is 2. The highest BCUT2D eigenvalue weighted by Gasteiger charge is 2.51. The zero-order valence-electron chi connectivity index (χ0n) is 27.0. The van der Waals surface area contributed by atoms with Crippen molar-refractivity contribution >= 4 is 44.8 Å². The second kappa shape index (κ2) is 14.8. The molecule has 3 aromatic rings. The predicted molar refractivity (Wildman–Crippen MR) is 172 cm³/mol. The smallest absolute Gasteiger partial charge is 0.451 e. The molecule has 2 aromatic heterocycles. The van der Waals surface area contributed by atoms with Gasteiger partial charge in [0.25, 0.3) is 0 Å². The van der Waals surface area contributed by atoms with E-state index < -0.39 is 52.4 Å². The fourth-order valence-corrected chi connectivity index (χ4v) is 6.85. The molecule has 268 valence electrons. The first-order valence-corrected chi connectivity index (χ1v) is 17.6. The Labute approximate surface area is 280 Å². The third kappa shape index (κ3) is 8.39. The molecule has 49 heavy (non-hydrogen) atoms. The van der Waals surface area contributed by atoms with Gasteiger partial charge in [-0.05, 0) is 56.5 Å². The number of primary sulfonamides is 1. The summed E-state index contributed by atoms with van der Waals surface area (Å²) in [7, 11) is -3.84. The number of anilines is 2. The number of likely N-dealkylation sites (tertiary alicyclic amines) is 1. The first kappa shape index (κ1) is 36.2. The van der Waals surface area contributed by atoms with Crippen LogP contribution in [-0.4, -0.2) is 106 Å². The van der Waals surface area contributed by atoms with Crippen LogP contribution >= 0.6 is 0 Å². The van der Waals surface area contributed by atoms with Crippen LogP contribution in [0.3, 0.4) is 0 Å². The predicted octanol–water partition coefficient (Wildman–Crippen LogP) is 1.70. The van der Waals surface area contributed by atoms with Crippen LogP contribution in [0, 0.1) is 0 Å². The lowest BCUT2D eigenvalue weighted by Gasteiger charge is -2.25. The largest absolute Gasteiger partial charge is 0.490 e. The number of carbonyl (C=O) groups is 2. The number of nitrogens with one attached hydrogen (secondary N) is 3. The van der Waals surface area contributed by atoms with Crippen LogP contribution in [0.25, 0.3) is 11.2 Å². The first-order chi connectivity index (χ1) is 23.2. The summed E-state index contributed by atoms with van der Waals surface area (Å²) >= 11 is 0. The molecule has 15 nitrogen and oxygen atoms in total. The van der Waals surface area contributed by atoms with Gasteiger partial charge in [0.1, 0.15) is 6.10 Å². The van der Waals surface area contributed by atoms with E-state index in [-0.39, 0.29) is 40.9 Å². The Morgan fingerprint density at radius 1 is 1.14 bits per heavy atom. The maximum Gasteiger partial charge on any atom is 0.490 e. The molecule has 3 heterocycles. The van der Waals surface area contributed by atoms with Gasteiger partial charge in [-0.2, -0.15) is 23.1 Å². The van der Waals surface area contributed by atoms with Gasteiger partial charge in [-0.1, -0.05) is 26.0 Å². The van der Waals surface area contributed by atoms with Gasteiger partial charge in [-0.15, -0.1) is 0 Å². The van der Waals surface area contributed by atoms with Crippen LogP contribution in [-0.2, 0) is 30.8 Å². The maximum atomic E-state index is 13.3. The van der Waals surface area contributed by atoms with Gasteiger partial charge < -0.3 is 30.4 Å². The fourth-order valence-electron chi connectivity index (χ4n) is 6.34. The lowest BCUT2D eigenvalue weighted by atomic mass is 10.1. The van der Waals surface area contributed by atoms with E-state index in [1.165, 1.54) is 23.0 Å². The summed E-state index contributed by atoms with van der Waals surface area (Å²) in [5.41, 5.74) is 1.27. The molecule has 5 rings (SSSR count). The normalized spacial score (nSPS) is 23.1. The summed E-state index contributed by atoms with van der Waals surface area (Å²) in [6.45, 7) is 6.38. The van der Waals surface area contributed by atoms with Crippen LogP contribution < -0.4 is 21.1 Å². The molecule has 1 aromatic carbocycles. The third-order valence-corrected chi connectivity index (χ3v) is 9.83. The van der Waals surface area contributed by atoms with Crippen molar-refractivity contribution in [1.82, 2.24) is 29.7 Å². The Morgan fingerprint density at radius 2 is 1.88 bits per heavy atom. The second-order valence-corrected chi connectivity index (χ2v) is 13.6. The van der Waals surface area contributed by atoms with Crippen molar-refractivity contribution in [2.75, 3.05) is 36.8 Å². The molecule has 1 saturated carbocycles. The number of hydrogen-bond donors (Lipinski definition) is 5. The Balaban J connectivity index is 1.46. The summed E-state index contributed by atoms with van der Waals surface area (Å²) in [4.78, 5) is 40.2. The highest BCUT2D eigenvalue weighted by Crippen LogP contribution is 2.37. The van der Waals surface area contributed by atoms with Crippen molar-refractivity contribution in [3.05, 3.63) is 36.2 Å². The molecule has 19 heteroatoms. The molecule has 0 spiro atoms. The number of amides is 1. The number of esters is 1. The van der Waals surface area contributed by atoms with E-state index in [4.69, 9.17) is 9.88 Å². The lowest BCUT2D eigenvalue weighted by molar-refractivity contribution is -0.209. The molecule has 1 saturated heterocycles. The van der Waals surface area contributed by atoms with Gasteiger partial charge in [0.05, 0.1) is 23.3 Å². The van der Waals surface area contributed by atoms with E-state index in [2.05, 4.69) is 42.7 Å². The van der Waals surface area contributed by atoms with E-state index in [0.717, 1.165) is 31.5 Å². The van der Waals surface area contributed by atoms with Crippen molar-refractivity contribution in [2.45, 2.75) is 87.4 Å². The van der Waals surface area contributed by atoms with Crippen molar-refractivity contribution in [1.29, 1.82) is 0 Å². The van der Waals surface area contributed by atoms with Gasteiger partial charge in [0.15, 0.2) is 23.1 Å². The van der Waals surface area contributed by atoms with Crippen LogP contribution in [0.5, 0.6) is 0 Å². The molecule has 5 atom stereocenters. The number of aromatic nitrogens is 4. The minimum Gasteiger partial charge on any atom is -0.451 e.